The zero-order valence-corrected chi connectivity index (χ0v) is 9.78. The van der Waals surface area contributed by atoms with E-state index >= 15 is 0 Å². The lowest BCUT2D eigenvalue weighted by atomic mass is 10.1. The van der Waals surface area contributed by atoms with Crippen molar-refractivity contribution in [1.29, 1.82) is 0 Å². The first-order valence-electron chi connectivity index (χ1n) is 4.68. The van der Waals surface area contributed by atoms with Crippen LogP contribution in [-0.2, 0) is 4.74 Å². The number of nitrogens with zero attached hydrogens (tertiary/aromatic N) is 2. The minimum Gasteiger partial charge on any atom is -0.462 e. The largest absolute Gasteiger partial charge is 0.462 e. The molecular weight excluding hydrogens is 274 g/mol. The van der Waals surface area contributed by atoms with Crippen LogP contribution in [-0.4, -0.2) is 22.5 Å². The molecule has 0 bridgehead atoms. The third kappa shape index (κ3) is 2.70. The molecular formula is C9H7ClF2N2O4. The first kappa shape index (κ1) is 14.2. The maximum Gasteiger partial charge on any atom is 0.346 e. The van der Waals surface area contributed by atoms with Gasteiger partial charge < -0.3 is 4.74 Å². The first-order chi connectivity index (χ1) is 8.40. The predicted molar refractivity (Wildman–Crippen MR) is 56.8 cm³/mol. The van der Waals surface area contributed by atoms with E-state index < -0.39 is 39.3 Å². The second kappa shape index (κ2) is 5.67. The molecule has 1 aromatic heterocycles. The molecule has 18 heavy (non-hydrogen) atoms. The van der Waals surface area contributed by atoms with Crippen LogP contribution in [0.2, 0.25) is 5.02 Å². The van der Waals surface area contributed by atoms with Crippen molar-refractivity contribution in [1.82, 2.24) is 4.98 Å². The van der Waals surface area contributed by atoms with E-state index in [1.54, 1.807) is 0 Å². The third-order valence-corrected chi connectivity index (χ3v) is 2.19. The topological polar surface area (TPSA) is 82.3 Å². The van der Waals surface area contributed by atoms with Crippen LogP contribution in [0.1, 0.15) is 29.4 Å². The number of hydrogen-bond donors (Lipinski definition) is 0. The summed E-state index contributed by atoms with van der Waals surface area (Å²) in [5, 5.41) is 10.4. The monoisotopic (exact) mass is 280 g/mol. The van der Waals surface area contributed by atoms with Gasteiger partial charge in [0.2, 0.25) is 0 Å². The highest BCUT2D eigenvalue weighted by Crippen LogP contribution is 2.34. The maximum atomic E-state index is 12.6. The van der Waals surface area contributed by atoms with Crippen LogP contribution >= 0.6 is 11.6 Å². The molecule has 98 valence electrons. The molecule has 6 nitrogen and oxygen atoms in total. The van der Waals surface area contributed by atoms with Crippen LogP contribution in [0, 0.1) is 10.1 Å². The Labute approximate surface area is 105 Å². The SMILES string of the molecule is CCOC(=O)c1c(Cl)cnc(C(F)F)c1[N+](=O)[O-]. The Morgan fingerprint density at radius 2 is 2.28 bits per heavy atom. The highest BCUT2D eigenvalue weighted by Gasteiger charge is 2.33. The summed E-state index contributed by atoms with van der Waals surface area (Å²) in [4.78, 5) is 24.3. The number of esters is 1. The quantitative estimate of drug-likeness (QED) is 0.481. The van der Waals surface area contributed by atoms with E-state index in [1.807, 2.05) is 0 Å². The number of ether oxygens (including phenoxy) is 1. The number of rotatable bonds is 4. The number of carbonyl (C=O) groups is 1. The summed E-state index contributed by atoms with van der Waals surface area (Å²) in [7, 11) is 0. The first-order valence-corrected chi connectivity index (χ1v) is 5.06. The predicted octanol–water partition coefficient (Wildman–Crippen LogP) is 2.76. The van der Waals surface area contributed by atoms with Gasteiger partial charge in [0.15, 0.2) is 11.3 Å². The van der Waals surface area contributed by atoms with E-state index in [4.69, 9.17) is 11.6 Å². The highest BCUT2D eigenvalue weighted by molar-refractivity contribution is 6.34. The number of hydrogen-bond acceptors (Lipinski definition) is 5. The number of pyridine rings is 1. The van der Waals surface area contributed by atoms with Gasteiger partial charge in [-0.25, -0.2) is 18.6 Å². The normalized spacial score (nSPS) is 10.5. The minimum absolute atomic E-state index is 0.0708. The number of alkyl halides is 2. The molecule has 0 aliphatic heterocycles. The molecule has 1 aromatic rings. The summed E-state index contributed by atoms with van der Waals surface area (Å²) < 4.78 is 29.7. The molecule has 0 fully saturated rings. The summed E-state index contributed by atoms with van der Waals surface area (Å²) in [5.74, 6) is -1.14. The number of carbonyl (C=O) groups excluding carboxylic acids is 1. The lowest BCUT2D eigenvalue weighted by Gasteiger charge is -2.07. The van der Waals surface area contributed by atoms with Crippen molar-refractivity contribution in [2.45, 2.75) is 13.3 Å². The summed E-state index contributed by atoms with van der Waals surface area (Å²) >= 11 is 5.57. The Balaban J connectivity index is 3.51. The van der Waals surface area contributed by atoms with Crippen LogP contribution in [0.25, 0.3) is 0 Å². The molecule has 0 aliphatic carbocycles. The van der Waals surface area contributed by atoms with Gasteiger partial charge in [0.05, 0.1) is 16.6 Å². The van der Waals surface area contributed by atoms with Crippen molar-refractivity contribution in [3.63, 3.8) is 0 Å². The van der Waals surface area contributed by atoms with Gasteiger partial charge in [-0.1, -0.05) is 11.6 Å². The Bertz CT molecular complexity index is 496. The zero-order chi connectivity index (χ0) is 13.9. The average Bonchev–Trinajstić information content (AvgIpc) is 2.27. The van der Waals surface area contributed by atoms with Gasteiger partial charge in [0, 0.05) is 6.20 Å². The molecule has 0 aliphatic rings. The Hall–Kier alpha value is -1.83. The second-order valence-corrected chi connectivity index (χ2v) is 3.40. The van der Waals surface area contributed by atoms with Gasteiger partial charge in [-0.3, -0.25) is 10.1 Å². The third-order valence-electron chi connectivity index (χ3n) is 1.90. The van der Waals surface area contributed by atoms with Gasteiger partial charge in [-0.05, 0) is 6.92 Å². The molecule has 0 atom stereocenters. The van der Waals surface area contributed by atoms with Gasteiger partial charge in [-0.2, -0.15) is 0 Å². The fourth-order valence-corrected chi connectivity index (χ4v) is 1.45. The van der Waals surface area contributed by atoms with Crippen molar-refractivity contribution in [3.8, 4) is 0 Å². The number of halogens is 3. The van der Waals surface area contributed by atoms with Crippen LogP contribution in [0.15, 0.2) is 6.20 Å². The summed E-state index contributed by atoms with van der Waals surface area (Å²) in [6.45, 7) is 1.39. The van der Waals surface area contributed by atoms with Crippen LogP contribution < -0.4 is 0 Å². The lowest BCUT2D eigenvalue weighted by molar-refractivity contribution is -0.387. The van der Waals surface area contributed by atoms with Crippen molar-refractivity contribution < 1.29 is 23.2 Å². The maximum absolute atomic E-state index is 12.6. The van der Waals surface area contributed by atoms with E-state index in [0.717, 1.165) is 6.20 Å². The Morgan fingerprint density at radius 1 is 1.67 bits per heavy atom. The van der Waals surface area contributed by atoms with E-state index in [1.165, 1.54) is 6.92 Å². The molecule has 0 N–H and O–H groups in total. The van der Waals surface area contributed by atoms with E-state index in [2.05, 4.69) is 9.72 Å². The van der Waals surface area contributed by atoms with Crippen molar-refractivity contribution in [3.05, 3.63) is 32.6 Å². The molecule has 0 spiro atoms. The molecule has 1 rings (SSSR count). The molecule has 0 aromatic carbocycles. The van der Waals surface area contributed by atoms with Gasteiger partial charge in [0.25, 0.3) is 6.43 Å². The van der Waals surface area contributed by atoms with Crippen LogP contribution in [0.4, 0.5) is 14.5 Å². The summed E-state index contributed by atoms with van der Waals surface area (Å²) in [6.07, 6.45) is -2.45. The summed E-state index contributed by atoms with van der Waals surface area (Å²) in [5.41, 5.74) is -2.96. The number of aromatic nitrogens is 1. The standard InChI is InChI=1S/C9H7ClF2N2O4/c1-2-18-9(15)5-4(10)3-13-6(8(11)12)7(5)14(16)17/h3,8H,2H2,1H3. The number of nitro groups is 1. The molecule has 0 amide bonds. The lowest BCUT2D eigenvalue weighted by Crippen LogP contribution is -2.12. The van der Waals surface area contributed by atoms with Crippen molar-refractivity contribution in [2.75, 3.05) is 6.61 Å². The Kier molecular flexibility index (Phi) is 4.49. The van der Waals surface area contributed by atoms with Crippen molar-refractivity contribution >= 4 is 23.3 Å². The zero-order valence-electron chi connectivity index (χ0n) is 9.02. The smallest absolute Gasteiger partial charge is 0.346 e. The fraction of sp³-hybridized carbons (Fsp3) is 0.333. The van der Waals surface area contributed by atoms with Gasteiger partial charge >= 0.3 is 11.7 Å². The molecule has 9 heteroatoms. The van der Waals surface area contributed by atoms with Crippen LogP contribution in [0.3, 0.4) is 0 Å². The van der Waals surface area contributed by atoms with E-state index in [0.29, 0.717) is 0 Å². The minimum atomic E-state index is -3.20. The summed E-state index contributed by atoms with van der Waals surface area (Å²) in [6, 6.07) is 0. The van der Waals surface area contributed by atoms with E-state index in [-0.39, 0.29) is 6.61 Å². The fourth-order valence-electron chi connectivity index (χ4n) is 1.24. The highest BCUT2D eigenvalue weighted by atomic mass is 35.5. The molecule has 0 unspecified atom stereocenters. The molecule has 1 heterocycles. The van der Waals surface area contributed by atoms with Gasteiger partial charge in [0.1, 0.15) is 0 Å². The van der Waals surface area contributed by atoms with Crippen LogP contribution in [0.5, 0.6) is 0 Å². The molecule has 0 radical (unpaired) electrons. The van der Waals surface area contributed by atoms with Crippen molar-refractivity contribution in [2.24, 2.45) is 0 Å². The average molecular weight is 281 g/mol. The molecule has 0 saturated carbocycles. The van der Waals surface area contributed by atoms with Gasteiger partial charge in [-0.15, -0.1) is 0 Å². The molecule has 0 saturated heterocycles. The van der Waals surface area contributed by atoms with E-state index in [9.17, 15) is 23.7 Å². The Morgan fingerprint density at radius 3 is 2.72 bits per heavy atom. The second-order valence-electron chi connectivity index (χ2n) is 2.99.